The Labute approximate surface area is 124 Å². The number of unbranched alkanes of at least 4 members (excludes halogenated alkanes) is 1. The van der Waals surface area contributed by atoms with Crippen molar-refractivity contribution in [2.24, 2.45) is 0 Å². The average molecular weight is 277 g/mol. The molecule has 1 N–H and O–H groups in total. The predicted octanol–water partition coefficient (Wildman–Crippen LogP) is 4.54. The van der Waals surface area contributed by atoms with Crippen molar-refractivity contribution in [3.8, 4) is 11.3 Å². The molecule has 0 spiro atoms. The van der Waals surface area contributed by atoms with Gasteiger partial charge < -0.3 is 4.98 Å². The topological polar surface area (TPSA) is 32.9 Å². The van der Waals surface area contributed by atoms with E-state index in [1.807, 2.05) is 36.4 Å². The first-order valence-corrected chi connectivity index (χ1v) is 7.50. The zero-order chi connectivity index (χ0) is 14.7. The first kappa shape index (κ1) is 13.6. The number of nitrogens with one attached hydrogen (secondary N) is 1. The zero-order valence-corrected chi connectivity index (χ0v) is 12.2. The van der Waals surface area contributed by atoms with E-state index in [2.05, 4.69) is 30.1 Å². The second-order valence-corrected chi connectivity index (χ2v) is 5.32. The van der Waals surface area contributed by atoms with E-state index < -0.39 is 0 Å². The highest BCUT2D eigenvalue weighted by molar-refractivity contribution is 5.89. The molecule has 2 heteroatoms. The molecule has 0 bridgehead atoms. The summed E-state index contributed by atoms with van der Waals surface area (Å²) < 4.78 is 0. The standard InChI is InChI=1S/C19H19NO/c1-2-3-11-16-15-12-7-8-13-17(15)19(21)20-18(16)14-9-5-4-6-10-14/h4-10,12-13H,2-3,11H2,1H3,(H,20,21). The molecule has 0 atom stereocenters. The van der Waals surface area contributed by atoms with E-state index in [9.17, 15) is 4.79 Å². The van der Waals surface area contributed by atoms with E-state index in [-0.39, 0.29) is 5.56 Å². The Balaban J connectivity index is 2.30. The molecule has 0 unspecified atom stereocenters. The Morgan fingerprint density at radius 2 is 1.57 bits per heavy atom. The molecular formula is C19H19NO. The third-order valence-electron chi connectivity index (χ3n) is 3.88. The quantitative estimate of drug-likeness (QED) is 0.746. The van der Waals surface area contributed by atoms with Gasteiger partial charge in [0.2, 0.25) is 0 Å². The molecule has 2 aromatic carbocycles. The van der Waals surface area contributed by atoms with Gasteiger partial charge in [0.25, 0.3) is 5.56 Å². The molecule has 106 valence electrons. The van der Waals surface area contributed by atoms with Gasteiger partial charge in [-0.25, -0.2) is 0 Å². The molecule has 0 amide bonds. The molecule has 0 aliphatic rings. The van der Waals surface area contributed by atoms with E-state index in [0.717, 1.165) is 41.3 Å². The van der Waals surface area contributed by atoms with Crippen LogP contribution in [-0.2, 0) is 6.42 Å². The van der Waals surface area contributed by atoms with E-state index in [1.54, 1.807) is 0 Å². The number of fused-ring (bicyclic) bond motifs is 1. The minimum absolute atomic E-state index is 0.00954. The summed E-state index contributed by atoms with van der Waals surface area (Å²) in [5.74, 6) is 0. The highest BCUT2D eigenvalue weighted by Gasteiger charge is 2.12. The van der Waals surface area contributed by atoms with Crippen molar-refractivity contribution in [1.82, 2.24) is 4.98 Å². The molecule has 0 saturated carbocycles. The van der Waals surface area contributed by atoms with Crippen LogP contribution in [0.3, 0.4) is 0 Å². The number of rotatable bonds is 4. The smallest absolute Gasteiger partial charge is 0.256 e. The molecule has 1 aromatic heterocycles. The number of hydrogen-bond donors (Lipinski definition) is 1. The van der Waals surface area contributed by atoms with Crippen molar-refractivity contribution >= 4 is 10.8 Å². The summed E-state index contributed by atoms with van der Waals surface area (Å²) in [7, 11) is 0. The minimum atomic E-state index is -0.00954. The van der Waals surface area contributed by atoms with Crippen LogP contribution in [0, 0.1) is 0 Å². The number of H-pyrrole nitrogens is 1. The van der Waals surface area contributed by atoms with Gasteiger partial charge in [-0.2, -0.15) is 0 Å². The van der Waals surface area contributed by atoms with Crippen molar-refractivity contribution in [3.05, 3.63) is 70.5 Å². The largest absolute Gasteiger partial charge is 0.321 e. The van der Waals surface area contributed by atoms with Gasteiger partial charge in [-0.05, 0) is 35.4 Å². The van der Waals surface area contributed by atoms with Gasteiger partial charge in [0.1, 0.15) is 0 Å². The predicted molar refractivity (Wildman–Crippen MR) is 88.6 cm³/mol. The van der Waals surface area contributed by atoms with Crippen LogP contribution < -0.4 is 5.56 Å². The summed E-state index contributed by atoms with van der Waals surface area (Å²) in [6.07, 6.45) is 3.25. The molecule has 3 rings (SSSR count). The third-order valence-corrected chi connectivity index (χ3v) is 3.88. The molecule has 2 nitrogen and oxygen atoms in total. The molecule has 0 radical (unpaired) electrons. The van der Waals surface area contributed by atoms with Gasteiger partial charge in [0, 0.05) is 5.39 Å². The van der Waals surface area contributed by atoms with Gasteiger partial charge in [-0.15, -0.1) is 0 Å². The van der Waals surface area contributed by atoms with E-state index >= 15 is 0 Å². The maximum absolute atomic E-state index is 12.3. The van der Waals surface area contributed by atoms with Gasteiger partial charge in [0.05, 0.1) is 5.69 Å². The maximum Gasteiger partial charge on any atom is 0.256 e. The van der Waals surface area contributed by atoms with Crippen LogP contribution in [0.15, 0.2) is 59.4 Å². The lowest BCUT2D eigenvalue weighted by molar-refractivity contribution is 0.797. The number of aryl methyl sites for hydroxylation is 1. The van der Waals surface area contributed by atoms with Crippen LogP contribution in [0.4, 0.5) is 0 Å². The maximum atomic E-state index is 12.3. The van der Waals surface area contributed by atoms with Crippen molar-refractivity contribution < 1.29 is 0 Å². The number of benzene rings is 2. The Hall–Kier alpha value is -2.35. The van der Waals surface area contributed by atoms with E-state index in [4.69, 9.17) is 0 Å². The first-order valence-electron chi connectivity index (χ1n) is 7.50. The van der Waals surface area contributed by atoms with Gasteiger partial charge in [-0.1, -0.05) is 61.9 Å². The molecule has 0 aliphatic heterocycles. The highest BCUT2D eigenvalue weighted by atomic mass is 16.1. The normalized spacial score (nSPS) is 10.9. The fourth-order valence-electron chi connectivity index (χ4n) is 2.80. The van der Waals surface area contributed by atoms with Gasteiger partial charge in [0.15, 0.2) is 0 Å². The Morgan fingerprint density at radius 1 is 0.905 bits per heavy atom. The summed E-state index contributed by atoms with van der Waals surface area (Å²) in [5.41, 5.74) is 3.28. The zero-order valence-electron chi connectivity index (χ0n) is 12.2. The molecule has 0 saturated heterocycles. The van der Waals surface area contributed by atoms with Crippen LogP contribution in [-0.4, -0.2) is 4.98 Å². The molecule has 3 aromatic rings. The Kier molecular flexibility index (Phi) is 3.87. The van der Waals surface area contributed by atoms with Crippen LogP contribution in [0.5, 0.6) is 0 Å². The molecular weight excluding hydrogens is 258 g/mol. The van der Waals surface area contributed by atoms with Crippen molar-refractivity contribution in [3.63, 3.8) is 0 Å². The van der Waals surface area contributed by atoms with Crippen LogP contribution in [0.2, 0.25) is 0 Å². The number of pyridine rings is 1. The summed E-state index contributed by atoms with van der Waals surface area (Å²) in [5, 5.41) is 1.86. The van der Waals surface area contributed by atoms with E-state index in [1.165, 1.54) is 5.56 Å². The summed E-state index contributed by atoms with van der Waals surface area (Å²) >= 11 is 0. The van der Waals surface area contributed by atoms with Gasteiger partial charge >= 0.3 is 0 Å². The van der Waals surface area contributed by atoms with Crippen LogP contribution in [0.1, 0.15) is 25.3 Å². The summed E-state index contributed by atoms with van der Waals surface area (Å²) in [6.45, 7) is 2.19. The van der Waals surface area contributed by atoms with Crippen molar-refractivity contribution in [1.29, 1.82) is 0 Å². The molecule has 0 fully saturated rings. The second-order valence-electron chi connectivity index (χ2n) is 5.32. The van der Waals surface area contributed by atoms with Gasteiger partial charge in [-0.3, -0.25) is 4.79 Å². The SMILES string of the molecule is CCCCc1c(-c2ccccc2)[nH]c(=O)c2ccccc12. The number of aromatic nitrogens is 1. The molecule has 1 heterocycles. The Morgan fingerprint density at radius 3 is 2.29 bits per heavy atom. The van der Waals surface area contributed by atoms with Crippen molar-refractivity contribution in [2.75, 3.05) is 0 Å². The number of aromatic amines is 1. The second kappa shape index (κ2) is 5.96. The van der Waals surface area contributed by atoms with E-state index in [0.29, 0.717) is 0 Å². The average Bonchev–Trinajstić information content (AvgIpc) is 2.55. The monoisotopic (exact) mass is 277 g/mol. The fraction of sp³-hybridized carbons (Fsp3) is 0.211. The highest BCUT2D eigenvalue weighted by Crippen LogP contribution is 2.27. The van der Waals surface area contributed by atoms with Crippen LogP contribution in [0.25, 0.3) is 22.0 Å². The number of hydrogen-bond acceptors (Lipinski definition) is 1. The third kappa shape index (κ3) is 2.62. The lowest BCUT2D eigenvalue weighted by Crippen LogP contribution is -2.10. The Bertz CT molecular complexity index is 803. The first-order chi connectivity index (χ1) is 10.3. The summed E-state index contributed by atoms with van der Waals surface area (Å²) in [4.78, 5) is 15.4. The van der Waals surface area contributed by atoms with Crippen molar-refractivity contribution in [2.45, 2.75) is 26.2 Å². The lowest BCUT2D eigenvalue weighted by Gasteiger charge is -2.13. The van der Waals surface area contributed by atoms with Crippen LogP contribution >= 0.6 is 0 Å². The molecule has 21 heavy (non-hydrogen) atoms. The summed E-state index contributed by atoms with van der Waals surface area (Å²) in [6, 6.07) is 18.0. The molecule has 0 aliphatic carbocycles. The fourth-order valence-corrected chi connectivity index (χ4v) is 2.80. The minimum Gasteiger partial charge on any atom is -0.321 e. The lowest BCUT2D eigenvalue weighted by atomic mass is 9.96.